The number of fused-ring (bicyclic) bond motifs is 1. The normalized spacial score (nSPS) is 11.6. The maximum absolute atomic E-state index is 14.3. The molecule has 0 radical (unpaired) electrons. The molecular formula is C22H16F4N2O2. The minimum atomic E-state index is -4.77. The zero-order valence-electron chi connectivity index (χ0n) is 15.8. The van der Waals surface area contributed by atoms with Crippen LogP contribution in [0.4, 0.5) is 17.6 Å². The first kappa shape index (κ1) is 19.8. The first-order chi connectivity index (χ1) is 14.3. The van der Waals surface area contributed by atoms with Crippen LogP contribution in [-0.4, -0.2) is 23.0 Å². The zero-order valence-corrected chi connectivity index (χ0v) is 15.8. The van der Waals surface area contributed by atoms with Crippen LogP contribution in [-0.2, 0) is 6.54 Å². The molecule has 1 heterocycles. The highest BCUT2D eigenvalue weighted by Gasteiger charge is 2.31. The van der Waals surface area contributed by atoms with E-state index in [1.54, 1.807) is 30.3 Å². The van der Waals surface area contributed by atoms with Crippen molar-refractivity contribution in [3.63, 3.8) is 0 Å². The molecule has 4 rings (SSSR count). The molecule has 0 saturated heterocycles. The second-order valence-corrected chi connectivity index (χ2v) is 6.54. The second-order valence-electron chi connectivity index (χ2n) is 6.54. The summed E-state index contributed by atoms with van der Waals surface area (Å²) in [4.78, 5) is 4.62. The van der Waals surface area contributed by atoms with Crippen molar-refractivity contribution in [3.8, 4) is 22.9 Å². The van der Waals surface area contributed by atoms with Gasteiger partial charge in [-0.25, -0.2) is 9.37 Å². The summed E-state index contributed by atoms with van der Waals surface area (Å²) in [5, 5.41) is 0. The average Bonchev–Trinajstić information content (AvgIpc) is 3.06. The fraction of sp³-hybridized carbons (Fsp3) is 0.136. The molecular weight excluding hydrogens is 400 g/mol. The van der Waals surface area contributed by atoms with Gasteiger partial charge in [-0.3, -0.25) is 0 Å². The van der Waals surface area contributed by atoms with E-state index in [2.05, 4.69) is 9.72 Å². The number of nitrogens with zero attached hydrogens (tertiary/aromatic N) is 2. The SMILES string of the molecule is COc1ccc2c(c1)nc(-c1ccc(OC(F)(F)F)cc1)n2Cc1ccccc1F. The van der Waals surface area contributed by atoms with E-state index in [1.807, 2.05) is 10.6 Å². The summed E-state index contributed by atoms with van der Waals surface area (Å²) in [6.07, 6.45) is -4.77. The Morgan fingerprint density at radius 1 is 0.933 bits per heavy atom. The van der Waals surface area contributed by atoms with Crippen LogP contribution < -0.4 is 9.47 Å². The lowest BCUT2D eigenvalue weighted by atomic mass is 10.1. The van der Waals surface area contributed by atoms with Gasteiger partial charge in [-0.05, 0) is 42.5 Å². The Balaban J connectivity index is 1.81. The lowest BCUT2D eigenvalue weighted by Gasteiger charge is -2.12. The summed E-state index contributed by atoms with van der Waals surface area (Å²) in [6, 6.07) is 17.1. The average molecular weight is 416 g/mol. The van der Waals surface area contributed by atoms with E-state index < -0.39 is 6.36 Å². The van der Waals surface area contributed by atoms with Crippen molar-refractivity contribution in [2.45, 2.75) is 12.9 Å². The number of aromatic nitrogens is 2. The van der Waals surface area contributed by atoms with Crippen molar-refractivity contribution in [2.75, 3.05) is 7.11 Å². The van der Waals surface area contributed by atoms with Crippen LogP contribution in [0.5, 0.6) is 11.5 Å². The van der Waals surface area contributed by atoms with Crippen LogP contribution in [0.15, 0.2) is 66.7 Å². The van der Waals surface area contributed by atoms with Gasteiger partial charge in [0.1, 0.15) is 23.1 Å². The molecule has 4 aromatic rings. The number of hydrogen-bond acceptors (Lipinski definition) is 3. The summed E-state index contributed by atoms with van der Waals surface area (Å²) >= 11 is 0. The van der Waals surface area contributed by atoms with Crippen molar-refractivity contribution in [3.05, 3.63) is 78.1 Å². The monoisotopic (exact) mass is 416 g/mol. The van der Waals surface area contributed by atoms with Gasteiger partial charge in [0.15, 0.2) is 0 Å². The molecule has 3 aromatic carbocycles. The van der Waals surface area contributed by atoms with E-state index in [4.69, 9.17) is 4.74 Å². The molecule has 0 fully saturated rings. The van der Waals surface area contributed by atoms with E-state index >= 15 is 0 Å². The van der Waals surface area contributed by atoms with Gasteiger partial charge in [-0.1, -0.05) is 18.2 Å². The molecule has 0 aliphatic carbocycles. The Morgan fingerprint density at radius 3 is 2.30 bits per heavy atom. The Bertz CT molecular complexity index is 1180. The highest BCUT2D eigenvalue weighted by atomic mass is 19.4. The second kappa shape index (κ2) is 7.70. The zero-order chi connectivity index (χ0) is 21.3. The molecule has 0 unspecified atom stereocenters. The number of hydrogen-bond donors (Lipinski definition) is 0. The van der Waals surface area contributed by atoms with E-state index in [9.17, 15) is 17.6 Å². The number of benzene rings is 3. The van der Waals surface area contributed by atoms with Crippen LogP contribution >= 0.6 is 0 Å². The van der Waals surface area contributed by atoms with Crippen LogP contribution in [0, 0.1) is 5.82 Å². The number of ether oxygens (including phenoxy) is 2. The van der Waals surface area contributed by atoms with Crippen LogP contribution in [0.1, 0.15) is 5.56 Å². The van der Waals surface area contributed by atoms with Gasteiger partial charge < -0.3 is 14.0 Å². The molecule has 0 spiro atoms. The fourth-order valence-electron chi connectivity index (χ4n) is 3.22. The Kier molecular flexibility index (Phi) is 5.07. The molecule has 8 heteroatoms. The minimum absolute atomic E-state index is 0.200. The summed E-state index contributed by atoms with van der Waals surface area (Å²) in [5.41, 5.74) is 2.39. The van der Waals surface area contributed by atoms with Crippen molar-refractivity contribution < 1.29 is 27.0 Å². The Morgan fingerprint density at radius 2 is 1.63 bits per heavy atom. The van der Waals surface area contributed by atoms with Gasteiger partial charge in [0.05, 0.1) is 24.7 Å². The highest BCUT2D eigenvalue weighted by molar-refractivity contribution is 5.82. The molecule has 0 aliphatic rings. The quantitative estimate of drug-likeness (QED) is 0.386. The third-order valence-corrected chi connectivity index (χ3v) is 4.59. The largest absolute Gasteiger partial charge is 0.573 e. The number of halogens is 4. The number of alkyl halides is 3. The predicted molar refractivity (Wildman–Crippen MR) is 104 cm³/mol. The summed E-state index contributed by atoms with van der Waals surface area (Å²) in [7, 11) is 1.54. The molecule has 0 amide bonds. The first-order valence-electron chi connectivity index (χ1n) is 8.98. The maximum Gasteiger partial charge on any atom is 0.573 e. The number of methoxy groups -OCH3 is 1. The predicted octanol–water partition coefficient (Wildman–Crippen LogP) is 5.80. The number of rotatable bonds is 5. The van der Waals surface area contributed by atoms with E-state index in [1.165, 1.54) is 37.4 Å². The maximum atomic E-state index is 14.3. The van der Waals surface area contributed by atoms with Crippen molar-refractivity contribution in [2.24, 2.45) is 0 Å². The van der Waals surface area contributed by atoms with Gasteiger partial charge in [0.25, 0.3) is 0 Å². The number of imidazole rings is 1. The van der Waals surface area contributed by atoms with E-state index in [-0.39, 0.29) is 18.1 Å². The molecule has 0 saturated carbocycles. The Hall–Kier alpha value is -3.55. The molecule has 1 aromatic heterocycles. The lowest BCUT2D eigenvalue weighted by molar-refractivity contribution is -0.274. The fourth-order valence-corrected chi connectivity index (χ4v) is 3.22. The molecule has 0 aliphatic heterocycles. The summed E-state index contributed by atoms with van der Waals surface area (Å²) in [6.45, 7) is 0.200. The van der Waals surface area contributed by atoms with Crippen molar-refractivity contribution in [1.29, 1.82) is 0 Å². The van der Waals surface area contributed by atoms with E-state index in [0.717, 1.165) is 5.52 Å². The van der Waals surface area contributed by atoms with Crippen LogP contribution in [0.2, 0.25) is 0 Å². The molecule has 30 heavy (non-hydrogen) atoms. The molecule has 0 N–H and O–H groups in total. The molecule has 4 nitrogen and oxygen atoms in total. The smallest absolute Gasteiger partial charge is 0.497 e. The van der Waals surface area contributed by atoms with Gasteiger partial charge in [-0.2, -0.15) is 0 Å². The minimum Gasteiger partial charge on any atom is -0.497 e. The molecule has 0 atom stereocenters. The standard InChI is InChI=1S/C22H16F4N2O2/c1-29-17-10-11-20-19(12-17)27-21(28(20)13-15-4-2-3-5-18(15)23)14-6-8-16(9-7-14)30-22(24,25)26/h2-12H,13H2,1H3. The topological polar surface area (TPSA) is 36.3 Å². The highest BCUT2D eigenvalue weighted by Crippen LogP contribution is 2.31. The lowest BCUT2D eigenvalue weighted by Crippen LogP contribution is -2.17. The van der Waals surface area contributed by atoms with Gasteiger partial charge >= 0.3 is 6.36 Å². The van der Waals surface area contributed by atoms with Crippen molar-refractivity contribution in [1.82, 2.24) is 9.55 Å². The molecule has 154 valence electrons. The van der Waals surface area contributed by atoms with Gasteiger partial charge in [-0.15, -0.1) is 13.2 Å². The van der Waals surface area contributed by atoms with Gasteiger partial charge in [0.2, 0.25) is 0 Å². The summed E-state index contributed by atoms with van der Waals surface area (Å²) in [5.74, 6) is 0.413. The summed E-state index contributed by atoms with van der Waals surface area (Å²) < 4.78 is 62.6. The van der Waals surface area contributed by atoms with Crippen molar-refractivity contribution >= 4 is 11.0 Å². The first-order valence-corrected chi connectivity index (χ1v) is 8.98. The Labute approximate surface area is 169 Å². The molecule has 0 bridgehead atoms. The third kappa shape index (κ3) is 4.07. The van der Waals surface area contributed by atoms with E-state index in [0.29, 0.717) is 28.2 Å². The van der Waals surface area contributed by atoms with Crippen LogP contribution in [0.3, 0.4) is 0 Å². The van der Waals surface area contributed by atoms with Crippen LogP contribution in [0.25, 0.3) is 22.4 Å². The third-order valence-electron chi connectivity index (χ3n) is 4.59. The van der Waals surface area contributed by atoms with Gasteiger partial charge in [0, 0.05) is 17.2 Å².